The van der Waals surface area contributed by atoms with Gasteiger partial charge in [0.25, 0.3) is 5.91 Å². The molecule has 3 nitrogen and oxygen atoms in total. The number of halogens is 1. The summed E-state index contributed by atoms with van der Waals surface area (Å²) in [7, 11) is 0. The highest BCUT2D eigenvalue weighted by Crippen LogP contribution is 2.14. The summed E-state index contributed by atoms with van der Waals surface area (Å²) in [4.78, 5) is 12.1. The van der Waals surface area contributed by atoms with Gasteiger partial charge in [-0.2, -0.15) is 5.26 Å². The van der Waals surface area contributed by atoms with Gasteiger partial charge in [0, 0.05) is 10.7 Å². The Balaban J connectivity index is 2.19. The highest BCUT2D eigenvalue weighted by molar-refractivity contribution is 6.30. The fraction of sp³-hybridized carbons (Fsp3) is 0.0588. The SMILES string of the molecule is Cc1cccc(NC(=O)/C(C#N)=C\c2ccc(Cl)cc2)c1. The predicted molar refractivity (Wildman–Crippen MR) is 84.9 cm³/mol. The number of aryl methyl sites for hydroxylation is 1. The van der Waals surface area contributed by atoms with E-state index in [1.165, 1.54) is 6.08 Å². The molecule has 0 aliphatic carbocycles. The molecule has 2 aromatic rings. The first-order valence-electron chi connectivity index (χ1n) is 6.34. The van der Waals surface area contributed by atoms with Gasteiger partial charge in [-0.15, -0.1) is 0 Å². The first-order chi connectivity index (χ1) is 10.1. The van der Waals surface area contributed by atoms with Crippen molar-refractivity contribution in [3.63, 3.8) is 0 Å². The highest BCUT2D eigenvalue weighted by Gasteiger charge is 2.09. The Hall–Kier alpha value is -2.57. The van der Waals surface area contributed by atoms with Gasteiger partial charge in [-0.25, -0.2) is 0 Å². The van der Waals surface area contributed by atoms with Crippen LogP contribution in [0.2, 0.25) is 5.02 Å². The molecular formula is C17H13ClN2O. The standard InChI is InChI=1S/C17H13ClN2O/c1-12-3-2-4-16(9-12)20-17(21)14(11-19)10-13-5-7-15(18)8-6-13/h2-10H,1H3,(H,20,21)/b14-10-. The van der Waals surface area contributed by atoms with Crippen LogP contribution >= 0.6 is 11.6 Å². The number of anilines is 1. The topological polar surface area (TPSA) is 52.9 Å². The molecule has 0 saturated carbocycles. The first-order valence-corrected chi connectivity index (χ1v) is 6.71. The molecule has 2 rings (SSSR count). The van der Waals surface area contributed by atoms with Crippen LogP contribution in [0.3, 0.4) is 0 Å². The Bertz CT molecular complexity index is 727. The van der Waals surface area contributed by atoms with Crippen molar-refractivity contribution in [3.8, 4) is 6.07 Å². The lowest BCUT2D eigenvalue weighted by molar-refractivity contribution is -0.112. The summed E-state index contributed by atoms with van der Waals surface area (Å²) in [5.41, 5.74) is 2.49. The predicted octanol–water partition coefficient (Wildman–Crippen LogP) is 4.19. The molecule has 104 valence electrons. The number of nitriles is 1. The van der Waals surface area contributed by atoms with Crippen LogP contribution in [0, 0.1) is 18.3 Å². The van der Waals surface area contributed by atoms with Gasteiger partial charge in [0.05, 0.1) is 0 Å². The third kappa shape index (κ3) is 4.20. The summed E-state index contributed by atoms with van der Waals surface area (Å²) in [6, 6.07) is 16.2. The summed E-state index contributed by atoms with van der Waals surface area (Å²) >= 11 is 5.80. The number of benzene rings is 2. The molecule has 0 aliphatic rings. The van der Waals surface area contributed by atoms with Gasteiger partial charge in [0.1, 0.15) is 11.6 Å². The van der Waals surface area contributed by atoms with E-state index in [2.05, 4.69) is 5.32 Å². The maximum atomic E-state index is 12.1. The zero-order valence-corrected chi connectivity index (χ0v) is 12.2. The summed E-state index contributed by atoms with van der Waals surface area (Å²) in [6.07, 6.45) is 1.53. The Morgan fingerprint density at radius 2 is 1.95 bits per heavy atom. The normalized spacial score (nSPS) is 10.8. The van der Waals surface area contributed by atoms with Crippen molar-refractivity contribution in [1.82, 2.24) is 0 Å². The van der Waals surface area contributed by atoms with Gasteiger partial charge in [-0.05, 0) is 48.4 Å². The summed E-state index contributed by atoms with van der Waals surface area (Å²) in [5.74, 6) is -0.432. The number of hydrogen-bond donors (Lipinski definition) is 1. The van der Waals surface area contributed by atoms with Crippen LogP contribution < -0.4 is 5.32 Å². The average molecular weight is 297 g/mol. The molecule has 1 amide bonds. The van der Waals surface area contributed by atoms with Crippen molar-refractivity contribution in [2.45, 2.75) is 6.92 Å². The number of carbonyl (C=O) groups excluding carboxylic acids is 1. The first kappa shape index (κ1) is 14.8. The zero-order valence-electron chi connectivity index (χ0n) is 11.4. The van der Waals surface area contributed by atoms with E-state index in [9.17, 15) is 4.79 Å². The third-order valence-electron chi connectivity index (χ3n) is 2.82. The lowest BCUT2D eigenvalue weighted by Crippen LogP contribution is -2.13. The molecule has 4 heteroatoms. The Morgan fingerprint density at radius 1 is 1.24 bits per heavy atom. The Kier molecular flexibility index (Phi) is 4.76. The average Bonchev–Trinajstić information content (AvgIpc) is 2.46. The molecule has 21 heavy (non-hydrogen) atoms. The monoisotopic (exact) mass is 296 g/mol. The second-order valence-electron chi connectivity index (χ2n) is 4.54. The van der Waals surface area contributed by atoms with E-state index in [1.54, 1.807) is 30.3 Å². The highest BCUT2D eigenvalue weighted by atomic mass is 35.5. The molecule has 0 unspecified atom stereocenters. The molecule has 0 aliphatic heterocycles. The van der Waals surface area contributed by atoms with Crippen molar-refractivity contribution >= 4 is 29.3 Å². The molecule has 0 fully saturated rings. The number of amides is 1. The van der Waals surface area contributed by atoms with Crippen molar-refractivity contribution in [2.24, 2.45) is 0 Å². The number of carbonyl (C=O) groups is 1. The van der Waals surface area contributed by atoms with E-state index < -0.39 is 5.91 Å². The maximum absolute atomic E-state index is 12.1. The van der Waals surface area contributed by atoms with Crippen LogP contribution in [-0.2, 0) is 4.79 Å². The lowest BCUT2D eigenvalue weighted by Gasteiger charge is -2.05. The molecule has 2 aromatic carbocycles. The zero-order chi connectivity index (χ0) is 15.2. The van der Waals surface area contributed by atoms with E-state index in [0.717, 1.165) is 11.1 Å². The van der Waals surface area contributed by atoms with E-state index in [-0.39, 0.29) is 5.57 Å². The minimum absolute atomic E-state index is 0.0406. The van der Waals surface area contributed by atoms with Crippen molar-refractivity contribution < 1.29 is 4.79 Å². The van der Waals surface area contributed by atoms with Crippen LogP contribution in [0.1, 0.15) is 11.1 Å². The minimum atomic E-state index is -0.432. The van der Waals surface area contributed by atoms with E-state index in [4.69, 9.17) is 16.9 Å². The van der Waals surface area contributed by atoms with E-state index >= 15 is 0 Å². The molecular weight excluding hydrogens is 284 g/mol. The van der Waals surface area contributed by atoms with Gasteiger partial charge in [-0.3, -0.25) is 4.79 Å². The minimum Gasteiger partial charge on any atom is -0.321 e. The fourth-order valence-corrected chi connectivity index (χ4v) is 1.92. The number of nitrogens with one attached hydrogen (secondary N) is 1. The van der Waals surface area contributed by atoms with Crippen molar-refractivity contribution in [2.75, 3.05) is 5.32 Å². The number of rotatable bonds is 3. The van der Waals surface area contributed by atoms with Gasteiger partial charge < -0.3 is 5.32 Å². The van der Waals surface area contributed by atoms with Crippen molar-refractivity contribution in [3.05, 3.63) is 70.3 Å². The molecule has 0 spiro atoms. The summed E-state index contributed by atoms with van der Waals surface area (Å²) < 4.78 is 0. The van der Waals surface area contributed by atoms with Crippen LogP contribution in [0.15, 0.2) is 54.1 Å². The van der Waals surface area contributed by atoms with Gasteiger partial charge in [0.15, 0.2) is 0 Å². The smallest absolute Gasteiger partial charge is 0.266 e. The van der Waals surface area contributed by atoms with Crippen LogP contribution in [-0.4, -0.2) is 5.91 Å². The molecule has 0 radical (unpaired) electrons. The molecule has 0 atom stereocenters. The molecule has 0 heterocycles. The van der Waals surface area contributed by atoms with E-state index in [1.807, 2.05) is 31.2 Å². The number of nitrogens with zero attached hydrogens (tertiary/aromatic N) is 1. The summed E-state index contributed by atoms with van der Waals surface area (Å²) in [6.45, 7) is 1.93. The maximum Gasteiger partial charge on any atom is 0.266 e. The Morgan fingerprint density at radius 3 is 2.57 bits per heavy atom. The van der Waals surface area contributed by atoms with Gasteiger partial charge >= 0.3 is 0 Å². The van der Waals surface area contributed by atoms with Crippen LogP contribution in [0.4, 0.5) is 5.69 Å². The molecule has 0 bridgehead atoms. The molecule has 0 saturated heterocycles. The largest absolute Gasteiger partial charge is 0.321 e. The fourth-order valence-electron chi connectivity index (χ4n) is 1.80. The summed E-state index contributed by atoms with van der Waals surface area (Å²) in [5, 5.41) is 12.5. The van der Waals surface area contributed by atoms with E-state index in [0.29, 0.717) is 10.7 Å². The van der Waals surface area contributed by atoms with Crippen LogP contribution in [0.25, 0.3) is 6.08 Å². The quantitative estimate of drug-likeness (QED) is 0.682. The second-order valence-corrected chi connectivity index (χ2v) is 4.98. The number of hydrogen-bond acceptors (Lipinski definition) is 2. The Labute approximate surface area is 128 Å². The molecule has 0 aromatic heterocycles. The molecule has 1 N–H and O–H groups in total. The van der Waals surface area contributed by atoms with Gasteiger partial charge in [-0.1, -0.05) is 35.9 Å². The third-order valence-corrected chi connectivity index (χ3v) is 3.07. The van der Waals surface area contributed by atoms with Gasteiger partial charge in [0.2, 0.25) is 0 Å². The second kappa shape index (κ2) is 6.74. The van der Waals surface area contributed by atoms with Crippen LogP contribution in [0.5, 0.6) is 0 Å². The lowest BCUT2D eigenvalue weighted by atomic mass is 10.1. The van der Waals surface area contributed by atoms with Crippen molar-refractivity contribution in [1.29, 1.82) is 5.26 Å².